The lowest BCUT2D eigenvalue weighted by molar-refractivity contribution is -0.139. The summed E-state index contributed by atoms with van der Waals surface area (Å²) in [7, 11) is 2.01. The summed E-state index contributed by atoms with van der Waals surface area (Å²) in [6.45, 7) is 0. The molecule has 1 aromatic heterocycles. The Morgan fingerprint density at radius 3 is 3.06 bits per heavy atom. The van der Waals surface area contributed by atoms with Gasteiger partial charge >= 0.3 is 5.97 Å². The lowest BCUT2D eigenvalue weighted by Gasteiger charge is -2.19. The highest BCUT2D eigenvalue weighted by molar-refractivity contribution is 5.93. The third-order valence-corrected chi connectivity index (χ3v) is 3.50. The van der Waals surface area contributed by atoms with Gasteiger partial charge in [-0.1, -0.05) is 12.1 Å². The maximum absolute atomic E-state index is 11.2. The van der Waals surface area contributed by atoms with Gasteiger partial charge in [-0.3, -0.25) is 4.79 Å². The molecule has 0 saturated heterocycles. The van der Waals surface area contributed by atoms with Gasteiger partial charge in [0.1, 0.15) is 0 Å². The lowest BCUT2D eigenvalue weighted by atomic mass is 9.84. The Kier molecular flexibility index (Phi) is 1.84. The first-order valence-electron chi connectivity index (χ1n) is 5.48. The number of carboxylic acids is 1. The van der Waals surface area contributed by atoms with Crippen molar-refractivity contribution in [1.29, 1.82) is 0 Å². The van der Waals surface area contributed by atoms with E-state index in [0.29, 0.717) is 6.42 Å². The standard InChI is InChI=1S/C13H13NO2/c1-14-7-8-5-6-10(13(15)16)9-3-2-4-11(14)12(8)9/h2-4,7,10H,5-6H2,1H3,(H,15,16). The molecular weight excluding hydrogens is 202 g/mol. The molecule has 16 heavy (non-hydrogen) atoms. The molecule has 2 aromatic rings. The number of aryl methyl sites for hydroxylation is 2. The first-order valence-corrected chi connectivity index (χ1v) is 5.48. The first-order chi connectivity index (χ1) is 7.68. The van der Waals surface area contributed by atoms with Gasteiger partial charge in [0.25, 0.3) is 0 Å². The predicted molar refractivity (Wildman–Crippen MR) is 61.6 cm³/mol. The minimum atomic E-state index is -0.706. The molecule has 0 spiro atoms. The van der Waals surface area contributed by atoms with Crippen molar-refractivity contribution >= 4 is 16.9 Å². The van der Waals surface area contributed by atoms with Crippen LogP contribution in [0.25, 0.3) is 10.9 Å². The van der Waals surface area contributed by atoms with Gasteiger partial charge in [-0.15, -0.1) is 0 Å². The smallest absolute Gasteiger partial charge is 0.311 e. The predicted octanol–water partition coefficient (Wildman–Crippen LogP) is 2.29. The van der Waals surface area contributed by atoms with Crippen LogP contribution in [0.5, 0.6) is 0 Å². The Bertz CT molecular complexity index is 583. The van der Waals surface area contributed by atoms with Crippen LogP contribution < -0.4 is 0 Å². The summed E-state index contributed by atoms with van der Waals surface area (Å²) in [6, 6.07) is 5.94. The Balaban J connectivity index is 2.36. The van der Waals surface area contributed by atoms with Gasteiger partial charge < -0.3 is 9.67 Å². The third-order valence-electron chi connectivity index (χ3n) is 3.50. The number of benzene rings is 1. The average molecular weight is 215 g/mol. The molecule has 1 N–H and O–H groups in total. The topological polar surface area (TPSA) is 42.2 Å². The molecular formula is C13H13NO2. The zero-order valence-corrected chi connectivity index (χ0v) is 9.10. The van der Waals surface area contributed by atoms with Gasteiger partial charge in [-0.25, -0.2) is 0 Å². The second-order valence-corrected chi connectivity index (χ2v) is 4.44. The molecule has 3 rings (SSSR count). The molecule has 1 aliphatic rings. The van der Waals surface area contributed by atoms with Crippen LogP contribution in [-0.4, -0.2) is 15.6 Å². The number of hydrogen-bond acceptors (Lipinski definition) is 1. The second kappa shape index (κ2) is 3.11. The van der Waals surface area contributed by atoms with Crippen molar-refractivity contribution in [3.8, 4) is 0 Å². The number of rotatable bonds is 1. The molecule has 0 radical (unpaired) electrons. The van der Waals surface area contributed by atoms with Crippen molar-refractivity contribution < 1.29 is 9.90 Å². The van der Waals surface area contributed by atoms with E-state index in [9.17, 15) is 9.90 Å². The van der Waals surface area contributed by atoms with Gasteiger partial charge in [0.05, 0.1) is 5.92 Å². The van der Waals surface area contributed by atoms with E-state index < -0.39 is 5.97 Å². The number of hydrogen-bond donors (Lipinski definition) is 1. The van der Waals surface area contributed by atoms with Crippen molar-refractivity contribution in [2.24, 2.45) is 7.05 Å². The lowest BCUT2D eigenvalue weighted by Crippen LogP contribution is -2.16. The zero-order valence-electron chi connectivity index (χ0n) is 9.10. The van der Waals surface area contributed by atoms with Gasteiger partial charge in [-0.05, 0) is 30.0 Å². The number of aliphatic carboxylic acids is 1. The number of carboxylic acid groups (broad SMARTS) is 1. The van der Waals surface area contributed by atoms with E-state index in [1.165, 1.54) is 5.56 Å². The van der Waals surface area contributed by atoms with Crippen molar-refractivity contribution in [3.63, 3.8) is 0 Å². The number of aromatic nitrogens is 1. The largest absolute Gasteiger partial charge is 0.481 e. The molecule has 0 saturated carbocycles. The van der Waals surface area contributed by atoms with Crippen molar-refractivity contribution in [1.82, 2.24) is 4.57 Å². The molecule has 3 nitrogen and oxygen atoms in total. The maximum atomic E-state index is 11.2. The highest BCUT2D eigenvalue weighted by Crippen LogP contribution is 2.37. The maximum Gasteiger partial charge on any atom is 0.311 e. The van der Waals surface area contributed by atoms with E-state index in [2.05, 4.69) is 10.8 Å². The first kappa shape index (κ1) is 9.46. The van der Waals surface area contributed by atoms with Crippen LogP contribution in [0.1, 0.15) is 23.5 Å². The SMILES string of the molecule is Cn1cc2c3c(cccc31)C(C(=O)O)CC2. The van der Waals surface area contributed by atoms with E-state index >= 15 is 0 Å². The highest BCUT2D eigenvalue weighted by Gasteiger charge is 2.28. The summed E-state index contributed by atoms with van der Waals surface area (Å²) in [5.74, 6) is -1.04. The molecule has 82 valence electrons. The quantitative estimate of drug-likeness (QED) is 0.793. The molecule has 0 bridgehead atoms. The average Bonchev–Trinajstić information content (AvgIpc) is 2.58. The minimum Gasteiger partial charge on any atom is -0.481 e. The zero-order chi connectivity index (χ0) is 11.3. The number of nitrogens with zero attached hydrogens (tertiary/aromatic N) is 1. The van der Waals surface area contributed by atoms with Crippen LogP contribution in [0.2, 0.25) is 0 Å². The van der Waals surface area contributed by atoms with Crippen molar-refractivity contribution in [3.05, 3.63) is 35.5 Å². The molecule has 0 amide bonds. The fourth-order valence-electron chi connectivity index (χ4n) is 2.76. The molecule has 1 aliphatic carbocycles. The van der Waals surface area contributed by atoms with E-state index in [4.69, 9.17) is 0 Å². The summed E-state index contributed by atoms with van der Waals surface area (Å²) in [6.07, 6.45) is 3.70. The molecule has 1 unspecified atom stereocenters. The van der Waals surface area contributed by atoms with Gasteiger partial charge in [0.2, 0.25) is 0 Å². The van der Waals surface area contributed by atoms with Crippen molar-refractivity contribution in [2.45, 2.75) is 18.8 Å². The summed E-state index contributed by atoms with van der Waals surface area (Å²) in [5.41, 5.74) is 3.40. The van der Waals surface area contributed by atoms with Crippen LogP contribution in [-0.2, 0) is 18.3 Å². The second-order valence-electron chi connectivity index (χ2n) is 4.44. The summed E-state index contributed by atoms with van der Waals surface area (Å²) >= 11 is 0. The summed E-state index contributed by atoms with van der Waals surface area (Å²) in [5, 5.41) is 10.4. The highest BCUT2D eigenvalue weighted by atomic mass is 16.4. The van der Waals surface area contributed by atoms with E-state index in [1.807, 2.05) is 25.2 Å². The molecule has 0 fully saturated rings. The fourth-order valence-corrected chi connectivity index (χ4v) is 2.76. The van der Waals surface area contributed by atoms with Crippen LogP contribution in [0.3, 0.4) is 0 Å². The van der Waals surface area contributed by atoms with Gasteiger partial charge in [-0.2, -0.15) is 0 Å². The summed E-state index contributed by atoms with van der Waals surface area (Å²) < 4.78 is 2.08. The molecule has 1 heterocycles. The third kappa shape index (κ3) is 1.11. The number of carbonyl (C=O) groups is 1. The Hall–Kier alpha value is -1.77. The molecule has 1 atom stereocenters. The Labute approximate surface area is 93.3 Å². The Morgan fingerprint density at radius 1 is 1.50 bits per heavy atom. The summed E-state index contributed by atoms with van der Waals surface area (Å²) in [4.78, 5) is 11.2. The molecule has 1 aromatic carbocycles. The van der Waals surface area contributed by atoms with Crippen LogP contribution in [0.15, 0.2) is 24.4 Å². The van der Waals surface area contributed by atoms with Crippen molar-refractivity contribution in [2.75, 3.05) is 0 Å². The minimum absolute atomic E-state index is 0.335. The normalized spacial score (nSPS) is 18.9. The van der Waals surface area contributed by atoms with Gasteiger partial charge in [0, 0.05) is 24.1 Å². The van der Waals surface area contributed by atoms with E-state index in [1.54, 1.807) is 0 Å². The van der Waals surface area contributed by atoms with E-state index in [0.717, 1.165) is 22.9 Å². The molecule has 3 heteroatoms. The monoisotopic (exact) mass is 215 g/mol. The van der Waals surface area contributed by atoms with Crippen LogP contribution in [0.4, 0.5) is 0 Å². The molecule has 0 aliphatic heterocycles. The van der Waals surface area contributed by atoms with Crippen LogP contribution in [0, 0.1) is 0 Å². The fraction of sp³-hybridized carbons (Fsp3) is 0.308. The Morgan fingerprint density at radius 2 is 2.31 bits per heavy atom. The van der Waals surface area contributed by atoms with E-state index in [-0.39, 0.29) is 5.92 Å². The van der Waals surface area contributed by atoms with Crippen LogP contribution >= 0.6 is 0 Å². The van der Waals surface area contributed by atoms with Gasteiger partial charge in [0.15, 0.2) is 0 Å².